The quantitative estimate of drug-likeness (QED) is 0.827. The normalized spacial score (nSPS) is 15.1. The molecule has 4 nitrogen and oxygen atoms in total. The third-order valence-electron chi connectivity index (χ3n) is 4.16. The van der Waals surface area contributed by atoms with Gasteiger partial charge in [0.1, 0.15) is 5.82 Å². The zero-order valence-electron chi connectivity index (χ0n) is 13.8. The van der Waals surface area contributed by atoms with E-state index in [1.807, 2.05) is 12.1 Å². The molecular weight excluding hydrogens is 387 g/mol. The molecule has 3 rings (SSSR count). The first-order valence-corrected chi connectivity index (χ1v) is 9.02. The highest BCUT2D eigenvalue weighted by atomic mass is 79.9. The SMILES string of the molecule is O=C(NCc1ccc(CN2CCOCC2)cc1)c1cc(F)ccc1Br. The molecule has 2 aromatic carbocycles. The Bertz CT molecular complexity index is 731. The molecule has 25 heavy (non-hydrogen) atoms. The van der Waals surface area contributed by atoms with Crippen molar-refractivity contribution in [3.8, 4) is 0 Å². The van der Waals surface area contributed by atoms with Gasteiger partial charge in [-0.3, -0.25) is 9.69 Å². The van der Waals surface area contributed by atoms with Gasteiger partial charge >= 0.3 is 0 Å². The van der Waals surface area contributed by atoms with Crippen molar-refractivity contribution < 1.29 is 13.9 Å². The summed E-state index contributed by atoms with van der Waals surface area (Å²) in [6.07, 6.45) is 0. The highest BCUT2D eigenvalue weighted by Gasteiger charge is 2.12. The first-order valence-electron chi connectivity index (χ1n) is 8.23. The number of benzene rings is 2. The van der Waals surface area contributed by atoms with Crippen molar-refractivity contribution >= 4 is 21.8 Å². The van der Waals surface area contributed by atoms with E-state index in [0.29, 0.717) is 16.6 Å². The monoisotopic (exact) mass is 406 g/mol. The van der Waals surface area contributed by atoms with Crippen molar-refractivity contribution in [2.75, 3.05) is 26.3 Å². The van der Waals surface area contributed by atoms with Gasteiger partial charge in [0.05, 0.1) is 18.8 Å². The summed E-state index contributed by atoms with van der Waals surface area (Å²) < 4.78 is 19.2. The molecular formula is C19H20BrFN2O2. The van der Waals surface area contributed by atoms with Gasteiger partial charge in [0.2, 0.25) is 0 Å². The van der Waals surface area contributed by atoms with Crippen molar-refractivity contribution in [3.05, 3.63) is 69.4 Å². The lowest BCUT2D eigenvalue weighted by atomic mass is 10.1. The van der Waals surface area contributed by atoms with E-state index in [-0.39, 0.29) is 5.91 Å². The predicted molar refractivity (Wildman–Crippen MR) is 97.8 cm³/mol. The van der Waals surface area contributed by atoms with Crippen LogP contribution in [0.1, 0.15) is 21.5 Å². The number of amides is 1. The van der Waals surface area contributed by atoms with E-state index in [1.54, 1.807) is 0 Å². The van der Waals surface area contributed by atoms with E-state index in [4.69, 9.17) is 4.74 Å². The zero-order chi connectivity index (χ0) is 17.6. The van der Waals surface area contributed by atoms with E-state index in [0.717, 1.165) is 38.4 Å². The second-order valence-electron chi connectivity index (χ2n) is 6.01. The molecule has 0 unspecified atom stereocenters. The lowest BCUT2D eigenvalue weighted by Crippen LogP contribution is -2.35. The number of carbonyl (C=O) groups is 1. The van der Waals surface area contributed by atoms with E-state index < -0.39 is 5.82 Å². The molecule has 1 N–H and O–H groups in total. The number of halogens is 2. The van der Waals surface area contributed by atoms with Crippen molar-refractivity contribution in [2.45, 2.75) is 13.1 Å². The van der Waals surface area contributed by atoms with Crippen LogP contribution < -0.4 is 5.32 Å². The Labute approximate surface area is 155 Å². The smallest absolute Gasteiger partial charge is 0.252 e. The van der Waals surface area contributed by atoms with Crippen LogP contribution in [-0.4, -0.2) is 37.1 Å². The van der Waals surface area contributed by atoms with Crippen molar-refractivity contribution in [1.29, 1.82) is 0 Å². The number of nitrogens with zero attached hydrogens (tertiary/aromatic N) is 1. The first kappa shape index (κ1) is 18.0. The third-order valence-corrected chi connectivity index (χ3v) is 4.85. The van der Waals surface area contributed by atoms with Gasteiger partial charge in [-0.2, -0.15) is 0 Å². The largest absolute Gasteiger partial charge is 0.379 e. The molecule has 132 valence electrons. The Morgan fingerprint density at radius 2 is 1.80 bits per heavy atom. The summed E-state index contributed by atoms with van der Waals surface area (Å²) >= 11 is 3.27. The topological polar surface area (TPSA) is 41.6 Å². The molecule has 0 saturated carbocycles. The Hall–Kier alpha value is -1.76. The Morgan fingerprint density at radius 3 is 2.52 bits per heavy atom. The maximum Gasteiger partial charge on any atom is 0.252 e. The lowest BCUT2D eigenvalue weighted by molar-refractivity contribution is 0.0342. The highest BCUT2D eigenvalue weighted by molar-refractivity contribution is 9.10. The molecule has 6 heteroatoms. The van der Waals surface area contributed by atoms with Crippen LogP contribution in [0, 0.1) is 5.82 Å². The van der Waals surface area contributed by atoms with Gasteiger partial charge < -0.3 is 10.1 Å². The van der Waals surface area contributed by atoms with E-state index in [1.165, 1.54) is 23.8 Å². The summed E-state index contributed by atoms with van der Waals surface area (Å²) in [7, 11) is 0. The number of hydrogen-bond donors (Lipinski definition) is 1. The molecule has 0 spiro atoms. The van der Waals surface area contributed by atoms with E-state index in [9.17, 15) is 9.18 Å². The molecule has 1 aliphatic rings. The second kappa shape index (κ2) is 8.56. The average molecular weight is 407 g/mol. The van der Waals surface area contributed by atoms with Crippen LogP contribution >= 0.6 is 15.9 Å². The molecule has 0 radical (unpaired) electrons. The first-order chi connectivity index (χ1) is 12.1. The molecule has 1 fully saturated rings. The van der Waals surface area contributed by atoms with Crippen molar-refractivity contribution in [3.63, 3.8) is 0 Å². The van der Waals surface area contributed by atoms with Gasteiger partial charge in [0.25, 0.3) is 5.91 Å². The summed E-state index contributed by atoms with van der Waals surface area (Å²) in [5, 5.41) is 2.82. The number of nitrogens with one attached hydrogen (secondary N) is 1. The molecule has 0 bridgehead atoms. The average Bonchev–Trinajstić information content (AvgIpc) is 2.64. The summed E-state index contributed by atoms with van der Waals surface area (Å²) in [5.74, 6) is -0.732. The van der Waals surface area contributed by atoms with E-state index >= 15 is 0 Å². The minimum absolute atomic E-state index is 0.295. The Morgan fingerprint density at radius 1 is 1.12 bits per heavy atom. The van der Waals surface area contributed by atoms with Gasteiger partial charge in [-0.25, -0.2) is 4.39 Å². The summed E-state index contributed by atoms with van der Waals surface area (Å²) in [6.45, 7) is 4.81. The van der Waals surface area contributed by atoms with E-state index in [2.05, 4.69) is 38.3 Å². The van der Waals surface area contributed by atoms with Crippen LogP contribution in [0.2, 0.25) is 0 Å². The molecule has 1 heterocycles. The third kappa shape index (κ3) is 5.11. The standard InChI is InChI=1S/C19H20BrFN2O2/c20-18-6-5-16(21)11-17(18)19(24)22-12-14-1-3-15(4-2-14)13-23-7-9-25-10-8-23/h1-6,11H,7-10,12-13H2,(H,22,24). The molecule has 1 amide bonds. The number of morpholine rings is 1. The summed E-state index contributed by atoms with van der Waals surface area (Å²) in [4.78, 5) is 14.6. The molecule has 0 aliphatic carbocycles. The lowest BCUT2D eigenvalue weighted by Gasteiger charge is -2.26. The molecule has 0 atom stereocenters. The van der Waals surface area contributed by atoms with Crippen LogP contribution in [-0.2, 0) is 17.8 Å². The highest BCUT2D eigenvalue weighted by Crippen LogP contribution is 2.18. The number of carbonyl (C=O) groups excluding carboxylic acids is 1. The number of hydrogen-bond acceptors (Lipinski definition) is 3. The van der Waals surface area contributed by atoms with Gasteiger partial charge in [-0.15, -0.1) is 0 Å². The van der Waals surface area contributed by atoms with Gasteiger partial charge in [-0.05, 0) is 45.3 Å². The fraction of sp³-hybridized carbons (Fsp3) is 0.316. The minimum atomic E-state index is -0.430. The molecule has 1 aliphatic heterocycles. The summed E-state index contributed by atoms with van der Waals surface area (Å²) in [5.41, 5.74) is 2.54. The van der Waals surface area contributed by atoms with Crippen LogP contribution in [0.25, 0.3) is 0 Å². The molecule has 1 saturated heterocycles. The zero-order valence-corrected chi connectivity index (χ0v) is 15.4. The van der Waals surface area contributed by atoms with Gasteiger partial charge in [-0.1, -0.05) is 24.3 Å². The summed E-state index contributed by atoms with van der Waals surface area (Å²) in [6, 6.07) is 12.3. The number of rotatable bonds is 5. The predicted octanol–water partition coefficient (Wildman–Crippen LogP) is 3.35. The minimum Gasteiger partial charge on any atom is -0.379 e. The van der Waals surface area contributed by atoms with Crippen LogP contribution in [0.3, 0.4) is 0 Å². The Kier molecular flexibility index (Phi) is 6.18. The van der Waals surface area contributed by atoms with Crippen molar-refractivity contribution in [2.24, 2.45) is 0 Å². The maximum atomic E-state index is 13.3. The Balaban J connectivity index is 1.54. The van der Waals surface area contributed by atoms with Gasteiger partial charge in [0.15, 0.2) is 0 Å². The molecule has 0 aromatic heterocycles. The van der Waals surface area contributed by atoms with Crippen LogP contribution in [0.4, 0.5) is 4.39 Å². The van der Waals surface area contributed by atoms with Crippen LogP contribution in [0.15, 0.2) is 46.9 Å². The fourth-order valence-electron chi connectivity index (χ4n) is 2.73. The fourth-order valence-corrected chi connectivity index (χ4v) is 3.16. The second-order valence-corrected chi connectivity index (χ2v) is 6.87. The van der Waals surface area contributed by atoms with Gasteiger partial charge in [0, 0.05) is 30.7 Å². The number of ether oxygens (including phenoxy) is 1. The van der Waals surface area contributed by atoms with Crippen LogP contribution in [0.5, 0.6) is 0 Å². The van der Waals surface area contributed by atoms with Crippen molar-refractivity contribution in [1.82, 2.24) is 10.2 Å². The molecule has 2 aromatic rings. The maximum absolute atomic E-state index is 13.3.